The lowest BCUT2D eigenvalue weighted by molar-refractivity contribution is 0.0691. The number of hydrogen-bond donors (Lipinski definition) is 2. The van der Waals surface area contributed by atoms with E-state index in [4.69, 9.17) is 0 Å². The fraction of sp³-hybridized carbons (Fsp3) is 0. The monoisotopic (exact) mass is 263 g/mol. The van der Waals surface area contributed by atoms with Gasteiger partial charge in [-0.15, -0.1) is 0 Å². The fourth-order valence-electron chi connectivity index (χ4n) is 2.25. The molecule has 2 N–H and O–H groups in total. The van der Waals surface area contributed by atoms with Crippen LogP contribution in [0.5, 0.6) is 0 Å². The molecule has 0 aliphatic rings. The van der Waals surface area contributed by atoms with Crippen LogP contribution in [0.2, 0.25) is 0 Å². The third kappa shape index (κ3) is 2.21. The van der Waals surface area contributed by atoms with Gasteiger partial charge in [0.1, 0.15) is 5.69 Å². The smallest absolute Gasteiger partial charge is 0.352 e. The van der Waals surface area contributed by atoms with Crippen molar-refractivity contribution in [1.82, 2.24) is 4.98 Å². The number of aromatic amines is 1. The van der Waals surface area contributed by atoms with E-state index in [0.717, 1.165) is 22.4 Å². The maximum Gasteiger partial charge on any atom is 0.352 e. The Bertz CT molecular complexity index is 673. The molecular formula is C17H13NO2. The summed E-state index contributed by atoms with van der Waals surface area (Å²) in [4.78, 5) is 14.2. The topological polar surface area (TPSA) is 53.1 Å². The van der Waals surface area contributed by atoms with E-state index >= 15 is 0 Å². The molecule has 0 bridgehead atoms. The van der Waals surface area contributed by atoms with Gasteiger partial charge in [-0.05, 0) is 17.2 Å². The van der Waals surface area contributed by atoms with Crippen molar-refractivity contribution >= 4 is 5.97 Å². The summed E-state index contributed by atoms with van der Waals surface area (Å²) in [5.41, 5.74) is 3.89. The Balaban J connectivity index is 2.20. The minimum Gasteiger partial charge on any atom is -0.477 e. The van der Waals surface area contributed by atoms with Crippen LogP contribution in [0.1, 0.15) is 10.5 Å². The first-order valence-electron chi connectivity index (χ1n) is 6.33. The maximum atomic E-state index is 11.2. The molecule has 3 nitrogen and oxygen atoms in total. The van der Waals surface area contributed by atoms with Gasteiger partial charge in [-0.1, -0.05) is 60.7 Å². The van der Waals surface area contributed by atoms with Crippen LogP contribution in [0.3, 0.4) is 0 Å². The number of nitrogens with one attached hydrogen (secondary N) is 1. The number of H-pyrrole nitrogens is 1. The third-order valence-corrected chi connectivity index (χ3v) is 3.20. The Kier molecular flexibility index (Phi) is 3.09. The SMILES string of the molecule is O=C(O)c1cc(-c2ccccc2)c(-c2ccccc2)[nH]1. The largest absolute Gasteiger partial charge is 0.477 e. The van der Waals surface area contributed by atoms with Crippen molar-refractivity contribution in [2.75, 3.05) is 0 Å². The molecule has 3 rings (SSSR count). The molecule has 0 aliphatic heterocycles. The van der Waals surface area contributed by atoms with Crippen LogP contribution in [-0.2, 0) is 0 Å². The first kappa shape index (κ1) is 12.2. The number of carboxylic acids is 1. The van der Waals surface area contributed by atoms with Gasteiger partial charge in [0, 0.05) is 5.56 Å². The number of hydrogen-bond acceptors (Lipinski definition) is 1. The predicted molar refractivity (Wildman–Crippen MR) is 78.6 cm³/mol. The van der Waals surface area contributed by atoms with Gasteiger partial charge in [0.15, 0.2) is 0 Å². The molecule has 2 aromatic carbocycles. The van der Waals surface area contributed by atoms with Gasteiger partial charge in [-0.3, -0.25) is 0 Å². The summed E-state index contributed by atoms with van der Waals surface area (Å²) in [6.07, 6.45) is 0. The van der Waals surface area contributed by atoms with Crippen LogP contribution < -0.4 is 0 Å². The molecule has 0 spiro atoms. The Hall–Kier alpha value is -2.81. The van der Waals surface area contributed by atoms with Gasteiger partial charge in [-0.2, -0.15) is 0 Å². The molecule has 0 unspecified atom stereocenters. The second-order valence-electron chi connectivity index (χ2n) is 4.51. The van der Waals surface area contributed by atoms with E-state index in [-0.39, 0.29) is 5.69 Å². The standard InChI is InChI=1S/C17H13NO2/c19-17(20)15-11-14(12-7-3-1-4-8-12)16(18-15)13-9-5-2-6-10-13/h1-11,18H,(H,19,20). The van der Waals surface area contributed by atoms with Crippen LogP contribution in [0.25, 0.3) is 22.4 Å². The highest BCUT2D eigenvalue weighted by Crippen LogP contribution is 2.32. The molecule has 0 fully saturated rings. The molecule has 98 valence electrons. The summed E-state index contributed by atoms with van der Waals surface area (Å²) in [5, 5.41) is 9.19. The van der Waals surface area contributed by atoms with Gasteiger partial charge in [-0.25, -0.2) is 4.79 Å². The number of benzene rings is 2. The average Bonchev–Trinajstić information content (AvgIpc) is 2.94. The van der Waals surface area contributed by atoms with Gasteiger partial charge in [0.2, 0.25) is 0 Å². The van der Waals surface area contributed by atoms with E-state index in [1.54, 1.807) is 6.07 Å². The maximum absolute atomic E-state index is 11.2. The minimum atomic E-state index is -0.954. The highest BCUT2D eigenvalue weighted by molar-refractivity contribution is 5.92. The van der Waals surface area contributed by atoms with E-state index in [1.807, 2.05) is 60.7 Å². The first-order valence-corrected chi connectivity index (χ1v) is 6.33. The van der Waals surface area contributed by atoms with Gasteiger partial charge in [0.25, 0.3) is 0 Å². The Morgan fingerprint density at radius 2 is 1.40 bits per heavy atom. The molecule has 0 aliphatic carbocycles. The molecular weight excluding hydrogens is 250 g/mol. The number of carboxylic acid groups (broad SMARTS) is 1. The summed E-state index contributed by atoms with van der Waals surface area (Å²) >= 11 is 0. The summed E-state index contributed by atoms with van der Waals surface area (Å²) in [5.74, 6) is -0.954. The van der Waals surface area contributed by atoms with Crippen molar-refractivity contribution in [3.05, 3.63) is 72.4 Å². The molecule has 0 amide bonds. The van der Waals surface area contributed by atoms with Crippen molar-refractivity contribution in [2.24, 2.45) is 0 Å². The van der Waals surface area contributed by atoms with E-state index in [0.29, 0.717) is 0 Å². The van der Waals surface area contributed by atoms with E-state index in [9.17, 15) is 9.90 Å². The highest BCUT2D eigenvalue weighted by atomic mass is 16.4. The van der Waals surface area contributed by atoms with Crippen LogP contribution in [0, 0.1) is 0 Å². The molecule has 0 radical (unpaired) electrons. The zero-order chi connectivity index (χ0) is 13.9. The molecule has 3 aromatic rings. The molecule has 0 atom stereocenters. The van der Waals surface area contributed by atoms with Crippen molar-refractivity contribution in [2.45, 2.75) is 0 Å². The van der Waals surface area contributed by atoms with Crippen LogP contribution in [-0.4, -0.2) is 16.1 Å². The summed E-state index contributed by atoms with van der Waals surface area (Å²) in [7, 11) is 0. The number of aromatic nitrogens is 1. The van der Waals surface area contributed by atoms with E-state index < -0.39 is 5.97 Å². The Labute approximate surface area is 116 Å². The predicted octanol–water partition coefficient (Wildman–Crippen LogP) is 4.05. The van der Waals surface area contributed by atoms with E-state index in [2.05, 4.69) is 4.98 Å². The quantitative estimate of drug-likeness (QED) is 0.749. The molecule has 1 heterocycles. The lowest BCUT2D eigenvalue weighted by Crippen LogP contribution is -1.95. The summed E-state index contributed by atoms with van der Waals surface area (Å²) in [6.45, 7) is 0. The second-order valence-corrected chi connectivity index (χ2v) is 4.51. The molecule has 0 saturated heterocycles. The van der Waals surface area contributed by atoms with Gasteiger partial charge >= 0.3 is 5.97 Å². The lowest BCUT2D eigenvalue weighted by atomic mass is 10.0. The van der Waals surface area contributed by atoms with Crippen LogP contribution >= 0.6 is 0 Å². The zero-order valence-electron chi connectivity index (χ0n) is 10.7. The summed E-state index contributed by atoms with van der Waals surface area (Å²) in [6, 6.07) is 21.2. The van der Waals surface area contributed by atoms with Crippen LogP contribution in [0.4, 0.5) is 0 Å². The number of carbonyl (C=O) groups is 1. The zero-order valence-corrected chi connectivity index (χ0v) is 10.7. The van der Waals surface area contributed by atoms with Crippen molar-refractivity contribution in [3.8, 4) is 22.4 Å². The van der Waals surface area contributed by atoms with Crippen LogP contribution in [0.15, 0.2) is 66.7 Å². The lowest BCUT2D eigenvalue weighted by Gasteiger charge is -2.04. The molecule has 3 heteroatoms. The van der Waals surface area contributed by atoms with Crippen molar-refractivity contribution in [1.29, 1.82) is 0 Å². The second kappa shape index (κ2) is 5.05. The van der Waals surface area contributed by atoms with E-state index in [1.165, 1.54) is 0 Å². The molecule has 20 heavy (non-hydrogen) atoms. The fourth-order valence-corrected chi connectivity index (χ4v) is 2.25. The number of aromatic carboxylic acids is 1. The van der Waals surface area contributed by atoms with Gasteiger partial charge < -0.3 is 10.1 Å². The van der Waals surface area contributed by atoms with Crippen molar-refractivity contribution < 1.29 is 9.90 Å². The average molecular weight is 263 g/mol. The highest BCUT2D eigenvalue weighted by Gasteiger charge is 2.15. The summed E-state index contributed by atoms with van der Waals surface area (Å²) < 4.78 is 0. The van der Waals surface area contributed by atoms with Crippen molar-refractivity contribution in [3.63, 3.8) is 0 Å². The number of rotatable bonds is 3. The van der Waals surface area contributed by atoms with Gasteiger partial charge in [0.05, 0.1) is 5.69 Å². The first-order chi connectivity index (χ1) is 9.75. The normalized spacial score (nSPS) is 10.4. The minimum absolute atomic E-state index is 0.197. The third-order valence-electron chi connectivity index (χ3n) is 3.20. The molecule has 0 saturated carbocycles. The molecule has 1 aromatic heterocycles. The Morgan fingerprint density at radius 1 is 0.850 bits per heavy atom. The Morgan fingerprint density at radius 3 is 1.95 bits per heavy atom.